The topological polar surface area (TPSA) is 32.3 Å². The Morgan fingerprint density at radius 1 is 1.31 bits per heavy atom. The predicted octanol–water partition coefficient (Wildman–Crippen LogP) is 2.13. The lowest BCUT2D eigenvalue weighted by atomic mass is 9.96. The summed E-state index contributed by atoms with van der Waals surface area (Å²) in [6.45, 7) is 12.1. The molecule has 1 amide bonds. The molecule has 0 saturated carbocycles. The van der Waals surface area contributed by atoms with E-state index in [1.165, 1.54) is 6.42 Å². The van der Waals surface area contributed by atoms with E-state index in [4.69, 9.17) is 0 Å². The van der Waals surface area contributed by atoms with Gasteiger partial charge in [-0.1, -0.05) is 27.7 Å². The van der Waals surface area contributed by atoms with Crippen LogP contribution in [0.25, 0.3) is 0 Å². The minimum atomic E-state index is 0.372. The molecule has 0 aromatic rings. The summed E-state index contributed by atoms with van der Waals surface area (Å²) >= 11 is 0. The van der Waals surface area contributed by atoms with Gasteiger partial charge >= 0.3 is 0 Å². The first kappa shape index (κ1) is 15.4. The Hall–Kier alpha value is -0.570. The van der Waals surface area contributed by atoms with Crippen molar-refractivity contribution in [2.24, 2.45) is 11.3 Å². The Bertz CT molecular complexity index is 187. The quantitative estimate of drug-likeness (QED) is 0.510. The molecule has 0 aromatic heterocycles. The highest BCUT2D eigenvalue weighted by Gasteiger charge is 2.13. The van der Waals surface area contributed by atoms with Gasteiger partial charge < -0.3 is 10.2 Å². The molecule has 0 aliphatic carbocycles. The summed E-state index contributed by atoms with van der Waals surface area (Å²) in [6.07, 6.45) is 3.05. The van der Waals surface area contributed by atoms with Gasteiger partial charge in [0.25, 0.3) is 0 Å². The zero-order valence-corrected chi connectivity index (χ0v) is 11.5. The molecule has 0 heterocycles. The van der Waals surface area contributed by atoms with Gasteiger partial charge in [0.1, 0.15) is 0 Å². The number of hydrogen-bond donors (Lipinski definition) is 1. The second kappa shape index (κ2) is 7.66. The summed E-state index contributed by atoms with van der Waals surface area (Å²) in [6, 6.07) is 0. The zero-order valence-electron chi connectivity index (χ0n) is 11.5. The number of hydrogen-bond acceptors (Lipinski definition) is 2. The molecule has 16 heavy (non-hydrogen) atoms. The van der Waals surface area contributed by atoms with Crippen LogP contribution < -0.4 is 5.32 Å². The minimum Gasteiger partial charge on any atom is -0.359 e. The van der Waals surface area contributed by atoms with Crippen molar-refractivity contribution >= 4 is 6.41 Å². The molecule has 1 N–H and O–H groups in total. The maximum atomic E-state index is 10.1. The van der Waals surface area contributed by atoms with Crippen molar-refractivity contribution in [2.75, 3.05) is 26.7 Å². The third-order valence-corrected chi connectivity index (χ3v) is 2.61. The molecule has 0 saturated heterocycles. The van der Waals surface area contributed by atoms with Gasteiger partial charge in [-0.15, -0.1) is 0 Å². The van der Waals surface area contributed by atoms with E-state index < -0.39 is 0 Å². The van der Waals surface area contributed by atoms with Crippen LogP contribution in [-0.4, -0.2) is 38.0 Å². The first-order chi connectivity index (χ1) is 7.35. The number of nitrogens with one attached hydrogen (secondary N) is 1. The Morgan fingerprint density at radius 3 is 2.44 bits per heavy atom. The molecular formula is C13H28N2O. The summed E-state index contributed by atoms with van der Waals surface area (Å²) in [5.74, 6) is 0.676. The molecule has 3 nitrogen and oxygen atoms in total. The first-order valence-electron chi connectivity index (χ1n) is 6.21. The highest BCUT2D eigenvalue weighted by atomic mass is 16.1. The molecule has 0 fully saturated rings. The molecule has 0 aromatic carbocycles. The van der Waals surface area contributed by atoms with E-state index in [-0.39, 0.29) is 0 Å². The fourth-order valence-electron chi connectivity index (χ4n) is 1.86. The Morgan fingerprint density at radius 2 is 1.94 bits per heavy atom. The standard InChI is InChI=1S/C13H28N2O/c1-12(6-8-14-11-16)7-9-15(5)10-13(2,3)4/h11-12H,6-10H2,1-5H3,(H,14,16). The second-order valence-electron chi connectivity index (χ2n) is 6.05. The van der Waals surface area contributed by atoms with E-state index in [0.29, 0.717) is 11.3 Å². The number of nitrogens with zero attached hydrogens (tertiary/aromatic N) is 1. The van der Waals surface area contributed by atoms with Crippen molar-refractivity contribution in [1.29, 1.82) is 0 Å². The van der Waals surface area contributed by atoms with Gasteiger partial charge in [-0.3, -0.25) is 4.79 Å². The molecule has 1 unspecified atom stereocenters. The summed E-state index contributed by atoms with van der Waals surface area (Å²) in [5, 5.41) is 2.71. The van der Waals surface area contributed by atoms with Crippen LogP contribution in [0.3, 0.4) is 0 Å². The van der Waals surface area contributed by atoms with Crippen molar-refractivity contribution < 1.29 is 4.79 Å². The minimum absolute atomic E-state index is 0.372. The van der Waals surface area contributed by atoms with Crippen molar-refractivity contribution in [2.45, 2.75) is 40.5 Å². The molecular weight excluding hydrogens is 200 g/mol. The highest BCUT2D eigenvalue weighted by Crippen LogP contribution is 2.15. The van der Waals surface area contributed by atoms with E-state index in [9.17, 15) is 4.79 Å². The number of amides is 1. The fraction of sp³-hybridized carbons (Fsp3) is 0.923. The molecule has 0 bridgehead atoms. The van der Waals surface area contributed by atoms with Gasteiger partial charge in [0.2, 0.25) is 6.41 Å². The average molecular weight is 228 g/mol. The van der Waals surface area contributed by atoms with Gasteiger partial charge in [0, 0.05) is 13.1 Å². The van der Waals surface area contributed by atoms with Crippen LogP contribution in [0, 0.1) is 11.3 Å². The molecule has 0 radical (unpaired) electrons. The van der Waals surface area contributed by atoms with Crippen LogP contribution in [0.15, 0.2) is 0 Å². The molecule has 96 valence electrons. The van der Waals surface area contributed by atoms with Crippen LogP contribution in [-0.2, 0) is 4.79 Å². The highest BCUT2D eigenvalue weighted by molar-refractivity contribution is 5.45. The Kier molecular flexibility index (Phi) is 7.39. The van der Waals surface area contributed by atoms with Crippen LogP contribution in [0.5, 0.6) is 0 Å². The van der Waals surface area contributed by atoms with E-state index >= 15 is 0 Å². The van der Waals surface area contributed by atoms with Crippen molar-refractivity contribution in [3.05, 3.63) is 0 Å². The number of carbonyl (C=O) groups excluding carboxylic acids is 1. The maximum Gasteiger partial charge on any atom is 0.207 e. The average Bonchev–Trinajstić information content (AvgIpc) is 2.12. The van der Waals surface area contributed by atoms with Crippen LogP contribution in [0.4, 0.5) is 0 Å². The van der Waals surface area contributed by atoms with Crippen molar-refractivity contribution in [3.8, 4) is 0 Å². The summed E-state index contributed by atoms with van der Waals surface area (Å²) in [5.41, 5.74) is 0.372. The summed E-state index contributed by atoms with van der Waals surface area (Å²) < 4.78 is 0. The molecule has 3 heteroatoms. The first-order valence-corrected chi connectivity index (χ1v) is 6.21. The van der Waals surface area contributed by atoms with E-state index in [0.717, 1.165) is 32.5 Å². The largest absolute Gasteiger partial charge is 0.359 e. The molecule has 0 aliphatic rings. The molecule has 0 aliphatic heterocycles. The lowest BCUT2D eigenvalue weighted by molar-refractivity contribution is -0.109. The normalized spacial score (nSPS) is 13.9. The molecule has 0 spiro atoms. The predicted molar refractivity (Wildman–Crippen MR) is 69.4 cm³/mol. The van der Waals surface area contributed by atoms with Crippen LogP contribution in [0.1, 0.15) is 40.5 Å². The van der Waals surface area contributed by atoms with Crippen molar-refractivity contribution in [3.63, 3.8) is 0 Å². The van der Waals surface area contributed by atoms with Crippen LogP contribution in [0.2, 0.25) is 0 Å². The van der Waals surface area contributed by atoms with Crippen molar-refractivity contribution in [1.82, 2.24) is 10.2 Å². The monoisotopic (exact) mass is 228 g/mol. The lowest BCUT2D eigenvalue weighted by Crippen LogP contribution is -2.31. The molecule has 0 rings (SSSR count). The molecule has 1 atom stereocenters. The maximum absolute atomic E-state index is 10.1. The van der Waals surface area contributed by atoms with E-state index in [1.54, 1.807) is 0 Å². The second-order valence-corrected chi connectivity index (χ2v) is 6.05. The van der Waals surface area contributed by atoms with Gasteiger partial charge in [-0.25, -0.2) is 0 Å². The van der Waals surface area contributed by atoms with E-state index in [1.807, 2.05) is 0 Å². The third-order valence-electron chi connectivity index (χ3n) is 2.61. The lowest BCUT2D eigenvalue weighted by Gasteiger charge is -2.27. The summed E-state index contributed by atoms with van der Waals surface area (Å²) in [4.78, 5) is 12.5. The third kappa shape index (κ3) is 9.97. The van der Waals surface area contributed by atoms with Gasteiger partial charge in [-0.05, 0) is 37.8 Å². The zero-order chi connectivity index (χ0) is 12.6. The van der Waals surface area contributed by atoms with Gasteiger partial charge in [0.15, 0.2) is 0 Å². The van der Waals surface area contributed by atoms with Gasteiger partial charge in [-0.2, -0.15) is 0 Å². The number of rotatable bonds is 8. The fourth-order valence-corrected chi connectivity index (χ4v) is 1.86. The van der Waals surface area contributed by atoms with E-state index in [2.05, 4.69) is 45.0 Å². The number of carbonyl (C=O) groups is 1. The smallest absolute Gasteiger partial charge is 0.207 e. The Labute approximate surface area is 101 Å². The SMILES string of the molecule is CC(CCNC=O)CCN(C)CC(C)(C)C. The van der Waals surface area contributed by atoms with Crippen LogP contribution >= 0.6 is 0 Å². The Balaban J connectivity index is 3.58. The van der Waals surface area contributed by atoms with Gasteiger partial charge in [0.05, 0.1) is 0 Å². The summed E-state index contributed by atoms with van der Waals surface area (Å²) in [7, 11) is 2.18.